The number of nitrogens with zero attached hydrogens (tertiary/aromatic N) is 8. The number of aliphatic carboxylic acids is 3. The number of thioether (sulfide) groups is 1. The Morgan fingerprint density at radius 2 is 0.937 bits per heavy atom. The monoisotopic (exact) mass is 1750 g/mol. The second kappa shape index (κ2) is 41.7. The molecule has 6 aliphatic rings. The first kappa shape index (κ1) is 93.8. The van der Waals surface area contributed by atoms with Crippen LogP contribution in [0.15, 0.2) is 146 Å². The number of carboxylic acid groups (broad SMARTS) is 3. The zero-order valence-corrected chi connectivity index (χ0v) is 72.9. The van der Waals surface area contributed by atoms with E-state index in [2.05, 4.69) is 73.8 Å². The van der Waals surface area contributed by atoms with Gasteiger partial charge in [-0.25, -0.2) is 19.0 Å². The molecule has 0 aliphatic carbocycles. The maximum atomic E-state index is 15.7. The van der Waals surface area contributed by atoms with Crippen LogP contribution in [-0.4, -0.2) is 244 Å². The second-order valence-electron chi connectivity index (χ2n) is 34.3. The van der Waals surface area contributed by atoms with Gasteiger partial charge in [0.05, 0.1) is 43.0 Å². The molecule has 36 nitrogen and oxygen atoms in total. The lowest BCUT2D eigenvalue weighted by Crippen LogP contribution is -2.61. The number of benzene rings is 6. The number of rotatable bonds is 23. The van der Waals surface area contributed by atoms with Gasteiger partial charge in [0, 0.05) is 51.6 Å². The van der Waals surface area contributed by atoms with Gasteiger partial charge in [0.2, 0.25) is 59.1 Å². The summed E-state index contributed by atoms with van der Waals surface area (Å²) in [5.41, 5.74) is 0.598. The van der Waals surface area contributed by atoms with E-state index in [1.165, 1.54) is 30.9 Å². The molecule has 670 valence electrons. The highest BCUT2D eigenvalue weighted by Gasteiger charge is 2.49. The lowest BCUT2D eigenvalue weighted by Gasteiger charge is -2.36. The van der Waals surface area contributed by atoms with E-state index in [0.29, 0.717) is 28.0 Å². The van der Waals surface area contributed by atoms with Crippen LogP contribution in [0.4, 0.5) is 0 Å². The number of carbonyl (C=O) groups is 13. The molecule has 8 heterocycles. The highest BCUT2D eigenvalue weighted by Crippen LogP contribution is 2.35. The van der Waals surface area contributed by atoms with E-state index in [1.54, 1.807) is 149 Å². The molecule has 6 aromatic carbocycles. The van der Waals surface area contributed by atoms with Gasteiger partial charge in [-0.15, -0.1) is 10.2 Å². The molecule has 2 saturated heterocycles. The first-order chi connectivity index (χ1) is 59.9. The molecule has 0 saturated carbocycles. The number of aromatic nitrogens is 6. The summed E-state index contributed by atoms with van der Waals surface area (Å²) in [5, 5.41) is 79.8. The van der Waals surface area contributed by atoms with Crippen molar-refractivity contribution >= 4 is 110 Å². The van der Waals surface area contributed by atoms with Gasteiger partial charge in [-0.3, -0.25) is 52.7 Å². The molecule has 37 heteroatoms. The number of amides is 10. The van der Waals surface area contributed by atoms with Crippen molar-refractivity contribution in [1.82, 2.24) is 93.0 Å². The number of hydrogen-bond acceptors (Lipinski definition) is 22. The Hall–Kier alpha value is -12.9. The summed E-state index contributed by atoms with van der Waals surface area (Å²) in [6, 6.07) is 20.5. The Balaban J connectivity index is 0.972. The van der Waals surface area contributed by atoms with E-state index < -0.39 is 179 Å². The van der Waals surface area contributed by atoms with Gasteiger partial charge < -0.3 is 87.8 Å². The average molecular weight is 1750 g/mol. The smallest absolute Gasteiger partial charge is 0.326 e. The molecule has 0 spiro atoms. The van der Waals surface area contributed by atoms with E-state index in [0.717, 1.165) is 21.5 Å². The normalized spacial score (nSPS) is 20.8. The number of ether oxygens (including phenoxy) is 2. The van der Waals surface area contributed by atoms with Gasteiger partial charge in [0.15, 0.2) is 0 Å². The molecule has 8 aromatic rings. The number of likely N-dealkylation sites (tertiary alicyclic amines) is 2. The molecule has 126 heavy (non-hydrogen) atoms. The third kappa shape index (κ3) is 24.4. The van der Waals surface area contributed by atoms with Crippen LogP contribution >= 0.6 is 11.8 Å². The lowest BCUT2D eigenvalue weighted by molar-refractivity contribution is -0.145. The van der Waals surface area contributed by atoms with Crippen molar-refractivity contribution in [2.75, 3.05) is 39.2 Å². The zero-order chi connectivity index (χ0) is 91.0. The molecular formula is C89H110N18O18S. The van der Waals surface area contributed by atoms with Crippen LogP contribution in [0.2, 0.25) is 0 Å². The Morgan fingerprint density at radius 1 is 0.516 bits per heavy atom. The maximum Gasteiger partial charge on any atom is 0.326 e. The molecule has 0 unspecified atom stereocenters. The molecular weight excluding hydrogens is 1640 g/mol. The van der Waals surface area contributed by atoms with Crippen LogP contribution < -0.4 is 62.6 Å². The van der Waals surface area contributed by atoms with E-state index in [-0.39, 0.29) is 94.1 Å². The number of carbonyl (C=O) groups excluding carboxylic acids is 10. The number of likely N-dealkylation sites (N-methyl/N-ethyl adjacent to an activating group) is 2. The Labute approximate surface area is 732 Å². The van der Waals surface area contributed by atoms with E-state index in [1.807, 2.05) is 72.8 Å². The van der Waals surface area contributed by atoms with Crippen molar-refractivity contribution in [3.8, 4) is 11.5 Å². The Bertz CT molecular complexity index is 5310. The largest absolute Gasteiger partial charge is 0.487 e. The number of nitrogens with one attached hydrogen (secondary N) is 10. The van der Waals surface area contributed by atoms with E-state index in [4.69, 9.17) is 9.47 Å². The summed E-state index contributed by atoms with van der Waals surface area (Å²) in [7, 11) is 3.17. The fourth-order valence-corrected chi connectivity index (χ4v) is 15.8. The van der Waals surface area contributed by atoms with Crippen molar-refractivity contribution in [2.45, 2.75) is 205 Å². The van der Waals surface area contributed by atoms with Crippen LogP contribution in [0.5, 0.6) is 11.5 Å². The predicted molar refractivity (Wildman–Crippen MR) is 465 cm³/mol. The Kier molecular flexibility index (Phi) is 31.1. The number of fused-ring (bicyclic) bond motifs is 2. The van der Waals surface area contributed by atoms with Crippen molar-refractivity contribution < 1.29 is 87.1 Å². The van der Waals surface area contributed by atoms with Gasteiger partial charge in [-0.05, 0) is 125 Å². The minimum absolute atomic E-state index is 0.0618. The van der Waals surface area contributed by atoms with Crippen LogP contribution in [0.1, 0.15) is 127 Å². The highest BCUT2D eigenvalue weighted by atomic mass is 32.2. The fraction of sp³-hybridized carbons (Fsp3) is 0.449. The number of carboxylic acids is 3. The standard InChI is InChI=1S/C89H110N18O18S/c1-49(90-9)76(110)98-74(88(3,4)5)84(118)104-45-61-40-71(104)82(116)95-67(38-53-20-26-55-16-12-14-18-57(55)34-53)79(113)93-66(78(112)94-69(42-73(108)109)81(115)92-65(86(120)121)32-33-126-11)36-51-22-28-63(29-23-51)124-47-59-43-107(102-100-59)62-41-72(105(46-62)85(119)75(89(6,7)8)99-77(111)50(2)91-10)83(117)96-68(39-54-21-27-56-17-13-15-19-58(56)35-54)80(114)97-70(87(122)123)37-52-24-30-64(31-25-52)125-48-60-44-106(61)103-101-60/h12-31,34-35,43-44,49-50,61-62,65-72,74-75,90-91H,32-33,36-42,45-48H2,1-11H3,(H,92,115)(H,93,113)(H,94,112)(H,95,116)(H,96,117)(H,97,114)(H,98,110)(H,99,111)(H,108,109)(H,120,121)(H,122,123)/t49-,50-,61-,62-,65+,66-,67-,68-,69-,70-,71-,72-,74+,75+/m0/s1. The summed E-state index contributed by atoms with van der Waals surface area (Å²) in [6.45, 7) is 13.0. The van der Waals surface area contributed by atoms with Crippen molar-refractivity contribution in [3.05, 3.63) is 179 Å². The second-order valence-corrected chi connectivity index (χ2v) is 35.3. The SMILES string of the molecule is CN[C@@H](C)C(=O)N[C@H](C(=O)N1C[C@@H]2C[C@H]1C(=O)N[C@@H](Cc1ccc3ccccc3c1)C(=O)N[C@H](C(=O)O)Cc1ccc(cc1)OCc1cn(nn1)[C@H]1C[C@@H](C(=O)N[C@@H](Cc3ccc4ccccc4c3)C(=O)N[C@H](C(=O)N[C@@H](CC(=O)O)C(=O)N[C@H](CCSC)C(=O)O)Cc3ccc(cc3)OCc3cn2nn3)N(C(=O)[C@@H](NC(=O)[C@H](C)NC)C(C)(C)C)C1)C(C)(C)C. The molecule has 2 aromatic heterocycles. The van der Waals surface area contributed by atoms with Gasteiger partial charge in [0.1, 0.15) is 96.5 Å². The predicted octanol–water partition coefficient (Wildman–Crippen LogP) is 3.49. The van der Waals surface area contributed by atoms with Gasteiger partial charge in [-0.2, -0.15) is 11.8 Å². The lowest BCUT2D eigenvalue weighted by atomic mass is 9.85. The van der Waals surface area contributed by atoms with Crippen molar-refractivity contribution in [2.24, 2.45) is 10.8 Å². The fourth-order valence-electron chi connectivity index (χ4n) is 15.3. The van der Waals surface area contributed by atoms with E-state index in [9.17, 15) is 44.1 Å². The number of hydrogen-bond donors (Lipinski definition) is 13. The Morgan fingerprint density at radius 3 is 1.33 bits per heavy atom. The van der Waals surface area contributed by atoms with Gasteiger partial charge in [-0.1, -0.05) is 161 Å². The molecule has 2 fully saturated rings. The van der Waals surface area contributed by atoms with Gasteiger partial charge in [0.25, 0.3) is 0 Å². The van der Waals surface area contributed by atoms with Crippen molar-refractivity contribution in [3.63, 3.8) is 0 Å². The third-order valence-electron chi connectivity index (χ3n) is 22.8. The quantitative estimate of drug-likeness (QED) is 0.0436. The first-order valence-electron chi connectivity index (χ1n) is 41.7. The zero-order valence-electron chi connectivity index (χ0n) is 72.1. The van der Waals surface area contributed by atoms with Crippen molar-refractivity contribution in [1.29, 1.82) is 0 Å². The topological polar surface area (TPSA) is 489 Å². The highest BCUT2D eigenvalue weighted by molar-refractivity contribution is 7.98. The van der Waals surface area contributed by atoms with Crippen LogP contribution in [0.3, 0.4) is 0 Å². The molecule has 12 bridgehead atoms. The molecule has 14 rings (SSSR count). The summed E-state index contributed by atoms with van der Waals surface area (Å²) in [4.78, 5) is 190. The van der Waals surface area contributed by atoms with Crippen LogP contribution in [0, 0.1) is 10.8 Å². The maximum absolute atomic E-state index is 15.7. The summed E-state index contributed by atoms with van der Waals surface area (Å²) in [6.07, 6.45) is 2.53. The molecule has 14 atom stereocenters. The van der Waals surface area contributed by atoms with E-state index >= 15 is 33.6 Å². The minimum Gasteiger partial charge on any atom is -0.487 e. The molecule has 6 aliphatic heterocycles. The third-order valence-corrected chi connectivity index (χ3v) is 23.4. The minimum atomic E-state index is -1.90. The summed E-state index contributed by atoms with van der Waals surface area (Å²) in [5.74, 6) is -11.5. The van der Waals surface area contributed by atoms with Gasteiger partial charge >= 0.3 is 17.9 Å². The molecule has 13 N–H and O–H groups in total. The van der Waals surface area contributed by atoms with Crippen LogP contribution in [0.25, 0.3) is 21.5 Å². The summed E-state index contributed by atoms with van der Waals surface area (Å²) >= 11 is 1.30. The molecule has 0 radical (unpaired) electrons. The molecule has 10 amide bonds. The average Bonchev–Trinajstić information content (AvgIpc) is 1.63. The van der Waals surface area contributed by atoms with Crippen LogP contribution in [-0.2, 0) is 101 Å². The summed E-state index contributed by atoms with van der Waals surface area (Å²) < 4.78 is 15.4. The first-order valence-corrected chi connectivity index (χ1v) is 43.1.